The van der Waals surface area contributed by atoms with Crippen molar-refractivity contribution in [3.8, 4) is 5.75 Å². The number of hydrogen-bond donors (Lipinski definition) is 0. The highest BCUT2D eigenvalue weighted by Gasteiger charge is 1.95. The third-order valence-corrected chi connectivity index (χ3v) is 1.94. The summed E-state index contributed by atoms with van der Waals surface area (Å²) < 4.78 is 5.63. The SMILES string of the molecule is C/C=C(/CC)Oc1ccc(C)cc1. The molecule has 1 aromatic rings. The molecule has 0 unspecified atom stereocenters. The van der Waals surface area contributed by atoms with Gasteiger partial charge in [-0.15, -0.1) is 0 Å². The second-order valence-corrected chi connectivity index (χ2v) is 3.02. The van der Waals surface area contributed by atoms with E-state index in [0.29, 0.717) is 0 Å². The van der Waals surface area contributed by atoms with Gasteiger partial charge in [0.15, 0.2) is 0 Å². The van der Waals surface area contributed by atoms with E-state index in [1.54, 1.807) is 0 Å². The van der Waals surface area contributed by atoms with Crippen LogP contribution >= 0.6 is 0 Å². The van der Waals surface area contributed by atoms with E-state index in [1.165, 1.54) is 5.56 Å². The molecule has 0 aromatic heterocycles. The Labute approximate surface area is 80.0 Å². The molecule has 0 spiro atoms. The average molecular weight is 176 g/mol. The lowest BCUT2D eigenvalue weighted by Crippen LogP contribution is -1.92. The zero-order chi connectivity index (χ0) is 9.68. The summed E-state index contributed by atoms with van der Waals surface area (Å²) in [6, 6.07) is 8.10. The highest BCUT2D eigenvalue weighted by atomic mass is 16.5. The number of rotatable bonds is 3. The third kappa shape index (κ3) is 2.94. The van der Waals surface area contributed by atoms with Crippen molar-refractivity contribution in [2.24, 2.45) is 0 Å². The lowest BCUT2D eigenvalue weighted by atomic mass is 10.2. The van der Waals surface area contributed by atoms with Crippen LogP contribution < -0.4 is 4.74 Å². The summed E-state index contributed by atoms with van der Waals surface area (Å²) in [6.45, 7) is 6.15. The van der Waals surface area contributed by atoms with E-state index in [4.69, 9.17) is 4.74 Å². The van der Waals surface area contributed by atoms with Crippen LogP contribution in [0.1, 0.15) is 25.8 Å². The summed E-state index contributed by atoms with van der Waals surface area (Å²) in [6.07, 6.45) is 2.93. The topological polar surface area (TPSA) is 9.23 Å². The van der Waals surface area contributed by atoms with Gasteiger partial charge >= 0.3 is 0 Å². The summed E-state index contributed by atoms with van der Waals surface area (Å²) in [5.41, 5.74) is 1.26. The van der Waals surface area contributed by atoms with E-state index in [2.05, 4.69) is 26.0 Å². The maximum Gasteiger partial charge on any atom is 0.126 e. The average Bonchev–Trinajstić information content (AvgIpc) is 2.17. The van der Waals surface area contributed by atoms with Crippen molar-refractivity contribution in [3.05, 3.63) is 41.7 Å². The largest absolute Gasteiger partial charge is 0.462 e. The van der Waals surface area contributed by atoms with Crippen LogP contribution in [0.5, 0.6) is 5.75 Å². The molecule has 0 amide bonds. The Kier molecular flexibility index (Phi) is 3.56. The second kappa shape index (κ2) is 4.70. The van der Waals surface area contributed by atoms with Crippen LogP contribution in [0.3, 0.4) is 0 Å². The van der Waals surface area contributed by atoms with Crippen LogP contribution in [0.4, 0.5) is 0 Å². The van der Waals surface area contributed by atoms with Crippen molar-refractivity contribution < 1.29 is 4.74 Å². The molecular formula is C12H16O. The fourth-order valence-corrected chi connectivity index (χ4v) is 1.09. The van der Waals surface area contributed by atoms with E-state index < -0.39 is 0 Å². The number of allylic oxidation sites excluding steroid dienone is 2. The first-order valence-electron chi connectivity index (χ1n) is 4.66. The van der Waals surface area contributed by atoms with E-state index >= 15 is 0 Å². The van der Waals surface area contributed by atoms with E-state index in [1.807, 2.05) is 25.1 Å². The Hall–Kier alpha value is -1.24. The van der Waals surface area contributed by atoms with Gasteiger partial charge in [-0.25, -0.2) is 0 Å². The second-order valence-electron chi connectivity index (χ2n) is 3.02. The predicted molar refractivity (Wildman–Crippen MR) is 55.9 cm³/mol. The molecule has 0 atom stereocenters. The Morgan fingerprint density at radius 3 is 2.38 bits per heavy atom. The fourth-order valence-electron chi connectivity index (χ4n) is 1.09. The summed E-state index contributed by atoms with van der Waals surface area (Å²) in [4.78, 5) is 0. The normalized spacial score (nSPS) is 11.5. The van der Waals surface area contributed by atoms with Crippen molar-refractivity contribution >= 4 is 0 Å². The fraction of sp³-hybridized carbons (Fsp3) is 0.333. The smallest absolute Gasteiger partial charge is 0.126 e. The molecule has 1 heteroatoms. The van der Waals surface area contributed by atoms with Gasteiger partial charge in [-0.05, 0) is 32.1 Å². The van der Waals surface area contributed by atoms with Gasteiger partial charge in [-0.3, -0.25) is 0 Å². The Balaban J connectivity index is 2.69. The molecule has 13 heavy (non-hydrogen) atoms. The minimum Gasteiger partial charge on any atom is -0.462 e. The summed E-state index contributed by atoms with van der Waals surface area (Å²) in [5.74, 6) is 1.93. The van der Waals surface area contributed by atoms with Gasteiger partial charge in [0.1, 0.15) is 5.75 Å². The molecule has 1 rings (SSSR count). The van der Waals surface area contributed by atoms with Crippen LogP contribution in [0.25, 0.3) is 0 Å². The summed E-state index contributed by atoms with van der Waals surface area (Å²) >= 11 is 0. The Morgan fingerprint density at radius 1 is 1.31 bits per heavy atom. The molecule has 0 fully saturated rings. The van der Waals surface area contributed by atoms with Crippen LogP contribution in [-0.2, 0) is 0 Å². The maximum atomic E-state index is 5.63. The van der Waals surface area contributed by atoms with Gasteiger partial charge in [0.05, 0.1) is 5.76 Å². The van der Waals surface area contributed by atoms with Gasteiger partial charge in [0.2, 0.25) is 0 Å². The standard InChI is InChI=1S/C12H16O/c1-4-11(5-2)13-12-8-6-10(3)7-9-12/h4,6-9H,5H2,1-3H3/b11-4-. The Morgan fingerprint density at radius 2 is 1.92 bits per heavy atom. The van der Waals surface area contributed by atoms with Crippen LogP contribution in [0.15, 0.2) is 36.1 Å². The molecule has 0 aliphatic heterocycles. The van der Waals surface area contributed by atoms with Crippen molar-refractivity contribution in [1.82, 2.24) is 0 Å². The minimum atomic E-state index is 0.917. The highest BCUT2D eigenvalue weighted by Crippen LogP contribution is 2.15. The van der Waals surface area contributed by atoms with Crippen molar-refractivity contribution in [3.63, 3.8) is 0 Å². The molecule has 0 saturated carbocycles. The Bertz CT molecular complexity index is 282. The summed E-state index contributed by atoms with van der Waals surface area (Å²) in [5, 5.41) is 0. The lowest BCUT2D eigenvalue weighted by Gasteiger charge is -2.07. The molecule has 0 N–H and O–H groups in total. The van der Waals surface area contributed by atoms with Crippen LogP contribution in [0, 0.1) is 6.92 Å². The number of hydrogen-bond acceptors (Lipinski definition) is 1. The molecule has 0 aliphatic carbocycles. The molecule has 1 aromatic carbocycles. The monoisotopic (exact) mass is 176 g/mol. The van der Waals surface area contributed by atoms with Crippen molar-refractivity contribution in [2.75, 3.05) is 0 Å². The molecule has 1 nitrogen and oxygen atoms in total. The zero-order valence-corrected chi connectivity index (χ0v) is 8.50. The molecule has 0 aliphatic rings. The molecule has 70 valence electrons. The molecular weight excluding hydrogens is 160 g/mol. The number of ether oxygens (including phenoxy) is 1. The zero-order valence-electron chi connectivity index (χ0n) is 8.50. The van der Waals surface area contributed by atoms with Gasteiger partial charge in [-0.1, -0.05) is 24.6 Å². The maximum absolute atomic E-state index is 5.63. The number of aryl methyl sites for hydroxylation is 1. The molecule has 0 saturated heterocycles. The number of benzene rings is 1. The van der Waals surface area contributed by atoms with Gasteiger partial charge in [0, 0.05) is 6.42 Å². The first-order valence-corrected chi connectivity index (χ1v) is 4.66. The van der Waals surface area contributed by atoms with E-state index in [0.717, 1.165) is 17.9 Å². The first-order chi connectivity index (χ1) is 6.26. The summed E-state index contributed by atoms with van der Waals surface area (Å²) in [7, 11) is 0. The van der Waals surface area contributed by atoms with E-state index in [-0.39, 0.29) is 0 Å². The van der Waals surface area contributed by atoms with Gasteiger partial charge < -0.3 is 4.74 Å². The highest BCUT2D eigenvalue weighted by molar-refractivity contribution is 5.27. The third-order valence-electron chi connectivity index (χ3n) is 1.94. The molecule has 0 heterocycles. The van der Waals surface area contributed by atoms with Crippen LogP contribution in [0.2, 0.25) is 0 Å². The quantitative estimate of drug-likeness (QED) is 0.638. The molecule has 0 radical (unpaired) electrons. The lowest BCUT2D eigenvalue weighted by molar-refractivity contribution is 0.408. The predicted octanol–water partition coefficient (Wildman–Crippen LogP) is 3.69. The van der Waals surface area contributed by atoms with Crippen molar-refractivity contribution in [1.29, 1.82) is 0 Å². The van der Waals surface area contributed by atoms with E-state index in [9.17, 15) is 0 Å². The van der Waals surface area contributed by atoms with Crippen LogP contribution in [-0.4, -0.2) is 0 Å². The molecule has 0 bridgehead atoms. The van der Waals surface area contributed by atoms with Gasteiger partial charge in [0.25, 0.3) is 0 Å². The van der Waals surface area contributed by atoms with Gasteiger partial charge in [-0.2, -0.15) is 0 Å². The minimum absolute atomic E-state index is 0.917. The van der Waals surface area contributed by atoms with Crippen molar-refractivity contribution in [2.45, 2.75) is 27.2 Å². The first kappa shape index (κ1) is 9.85.